The van der Waals surface area contributed by atoms with Crippen LogP contribution in [0.5, 0.6) is 0 Å². The second-order valence-corrected chi connectivity index (χ2v) is 10.7. The first-order valence-electron chi connectivity index (χ1n) is 14.4. The first kappa shape index (κ1) is 27.8. The molecule has 5 rings (SSSR count). The molecule has 3 amide bonds. The maximum absolute atomic E-state index is 13.4. The maximum atomic E-state index is 13.4. The van der Waals surface area contributed by atoms with Crippen LogP contribution in [0.2, 0.25) is 0 Å². The van der Waals surface area contributed by atoms with E-state index < -0.39 is 0 Å². The van der Waals surface area contributed by atoms with Crippen molar-refractivity contribution < 1.29 is 24.3 Å². The Morgan fingerprint density at radius 3 is 2.50 bits per heavy atom. The molecule has 3 aliphatic heterocycles. The largest absolute Gasteiger partial charge is 0.444 e. The molecular formula is C30H39N5O5. The van der Waals surface area contributed by atoms with Crippen LogP contribution in [0.3, 0.4) is 0 Å². The van der Waals surface area contributed by atoms with E-state index in [1.54, 1.807) is 21.9 Å². The van der Waals surface area contributed by atoms with Crippen LogP contribution >= 0.6 is 0 Å². The van der Waals surface area contributed by atoms with E-state index in [1.165, 1.54) is 0 Å². The van der Waals surface area contributed by atoms with Crippen molar-refractivity contribution in [2.45, 2.75) is 52.2 Å². The van der Waals surface area contributed by atoms with Crippen LogP contribution in [0, 0.1) is 5.92 Å². The highest BCUT2D eigenvalue weighted by molar-refractivity contribution is 5.97. The van der Waals surface area contributed by atoms with Gasteiger partial charge in [0.15, 0.2) is 0 Å². The Morgan fingerprint density at radius 1 is 1.02 bits per heavy atom. The summed E-state index contributed by atoms with van der Waals surface area (Å²) >= 11 is 0. The molecule has 0 aliphatic carbocycles. The first-order chi connectivity index (χ1) is 19.4. The second-order valence-electron chi connectivity index (χ2n) is 10.7. The van der Waals surface area contributed by atoms with Gasteiger partial charge in [0, 0.05) is 56.4 Å². The minimum absolute atomic E-state index is 0.0164. The Kier molecular flexibility index (Phi) is 8.44. The number of piperidine rings is 2. The Bertz CT molecular complexity index is 1240. The molecule has 3 heterocycles. The lowest BCUT2D eigenvalue weighted by Crippen LogP contribution is -2.49. The lowest BCUT2D eigenvalue weighted by molar-refractivity contribution is -0.136. The second kappa shape index (κ2) is 12.2. The smallest absolute Gasteiger partial charge is 0.414 e. The Hall–Kier alpha value is -3.79. The number of carbonyl (C=O) groups excluding carboxylic acids is 3. The van der Waals surface area contributed by atoms with Gasteiger partial charge in [-0.05, 0) is 63.8 Å². The molecule has 214 valence electrons. The van der Waals surface area contributed by atoms with Crippen LogP contribution in [0.1, 0.15) is 55.5 Å². The summed E-state index contributed by atoms with van der Waals surface area (Å²) in [5, 5.41) is 9.97. The molecule has 1 atom stereocenters. The fraction of sp³-hybridized carbons (Fsp3) is 0.500. The van der Waals surface area contributed by atoms with Crippen molar-refractivity contribution in [2.24, 2.45) is 5.92 Å². The molecule has 0 aromatic heterocycles. The molecule has 2 N–H and O–H groups in total. The molecule has 3 aliphatic rings. The summed E-state index contributed by atoms with van der Waals surface area (Å²) in [6.45, 7) is 7.96. The number of ether oxygens (including phenoxy) is 1. The number of carbonyl (C=O) groups is 3. The number of anilines is 3. The van der Waals surface area contributed by atoms with Gasteiger partial charge in [0.25, 0.3) is 5.91 Å². The minimum Gasteiger partial charge on any atom is -0.444 e. The molecular weight excluding hydrogens is 510 g/mol. The lowest BCUT2D eigenvalue weighted by Gasteiger charge is -2.41. The first-order valence-corrected chi connectivity index (χ1v) is 14.4. The molecule has 0 radical (unpaired) electrons. The number of benzene rings is 2. The molecule has 1 unspecified atom stereocenters. The number of para-hydroxylation sites is 1. The van der Waals surface area contributed by atoms with Crippen LogP contribution in [0.15, 0.2) is 42.5 Å². The van der Waals surface area contributed by atoms with Gasteiger partial charge in [-0.15, -0.1) is 0 Å². The predicted molar refractivity (Wildman–Crippen MR) is 153 cm³/mol. The van der Waals surface area contributed by atoms with Gasteiger partial charge in [-0.3, -0.25) is 25.2 Å². The number of likely N-dealkylation sites (tertiary alicyclic amines) is 1. The van der Waals surface area contributed by atoms with Crippen molar-refractivity contribution in [3.05, 3.63) is 53.6 Å². The van der Waals surface area contributed by atoms with E-state index in [2.05, 4.69) is 10.4 Å². The summed E-state index contributed by atoms with van der Waals surface area (Å²) in [5.74, 6) is -0.209. The van der Waals surface area contributed by atoms with Crippen LogP contribution in [-0.2, 0) is 16.1 Å². The van der Waals surface area contributed by atoms with Crippen molar-refractivity contribution in [2.75, 3.05) is 54.5 Å². The Labute approximate surface area is 235 Å². The van der Waals surface area contributed by atoms with E-state index in [0.29, 0.717) is 57.1 Å². The molecule has 2 fully saturated rings. The highest BCUT2D eigenvalue weighted by Crippen LogP contribution is 2.35. The summed E-state index contributed by atoms with van der Waals surface area (Å²) in [5.41, 5.74) is 5.93. The average molecular weight is 550 g/mol. The quantitative estimate of drug-likeness (QED) is 0.495. The van der Waals surface area contributed by atoms with Gasteiger partial charge in [0.2, 0.25) is 5.91 Å². The zero-order valence-corrected chi connectivity index (χ0v) is 23.3. The standard InChI is InChI=1S/C30H39N5O5/c1-3-32(4-2)29(37)22-9-7-15-34(19-22)28(36)21-11-12-27(25(18-21)31-39)33-16-13-24(14-17-33)35-26-10-6-5-8-23(26)20-40-30(35)38/h5-6,8,10-12,18,22,24,31,39H,3-4,7,9,13-17,19-20H2,1-2H3. The maximum Gasteiger partial charge on any atom is 0.414 e. The van der Waals surface area contributed by atoms with Crippen molar-refractivity contribution >= 4 is 35.0 Å². The molecule has 0 bridgehead atoms. The molecule has 40 heavy (non-hydrogen) atoms. The monoisotopic (exact) mass is 549 g/mol. The van der Waals surface area contributed by atoms with E-state index in [9.17, 15) is 19.6 Å². The number of fused-ring (bicyclic) bond motifs is 1. The van der Waals surface area contributed by atoms with E-state index in [0.717, 1.165) is 42.6 Å². The predicted octanol–water partition coefficient (Wildman–Crippen LogP) is 4.33. The third kappa shape index (κ3) is 5.45. The summed E-state index contributed by atoms with van der Waals surface area (Å²) in [7, 11) is 0. The molecule has 10 heteroatoms. The third-order valence-electron chi connectivity index (χ3n) is 8.47. The lowest BCUT2D eigenvalue weighted by atomic mass is 9.95. The van der Waals surface area contributed by atoms with Crippen LogP contribution < -0.4 is 15.3 Å². The molecule has 2 aromatic rings. The van der Waals surface area contributed by atoms with Gasteiger partial charge in [-0.1, -0.05) is 18.2 Å². The Balaban J connectivity index is 1.25. The summed E-state index contributed by atoms with van der Waals surface area (Å²) in [6.07, 6.45) is 2.75. The number of nitrogens with zero attached hydrogens (tertiary/aromatic N) is 4. The van der Waals surface area contributed by atoms with Crippen LogP contribution in [0.25, 0.3) is 0 Å². The molecule has 0 saturated carbocycles. The van der Waals surface area contributed by atoms with Gasteiger partial charge in [0.1, 0.15) is 6.61 Å². The number of rotatable bonds is 7. The van der Waals surface area contributed by atoms with Crippen molar-refractivity contribution in [1.82, 2.24) is 9.80 Å². The molecule has 2 saturated heterocycles. The average Bonchev–Trinajstić information content (AvgIpc) is 3.01. The fourth-order valence-corrected chi connectivity index (χ4v) is 6.26. The summed E-state index contributed by atoms with van der Waals surface area (Å²) in [6, 6.07) is 13.2. The van der Waals surface area contributed by atoms with Crippen molar-refractivity contribution in [3.63, 3.8) is 0 Å². The van der Waals surface area contributed by atoms with E-state index in [4.69, 9.17) is 4.74 Å². The van der Waals surface area contributed by atoms with Gasteiger partial charge >= 0.3 is 6.09 Å². The zero-order valence-electron chi connectivity index (χ0n) is 23.3. The summed E-state index contributed by atoms with van der Waals surface area (Å²) < 4.78 is 5.42. The van der Waals surface area contributed by atoms with Gasteiger partial charge in [0.05, 0.1) is 23.0 Å². The van der Waals surface area contributed by atoms with Crippen LogP contribution in [0.4, 0.5) is 21.9 Å². The zero-order chi connectivity index (χ0) is 28.2. The molecule has 10 nitrogen and oxygen atoms in total. The van der Waals surface area contributed by atoms with Crippen molar-refractivity contribution in [1.29, 1.82) is 0 Å². The van der Waals surface area contributed by atoms with Gasteiger partial charge < -0.3 is 19.4 Å². The van der Waals surface area contributed by atoms with Crippen LogP contribution in [-0.4, -0.2) is 78.2 Å². The number of cyclic esters (lactones) is 1. The SMILES string of the molecule is CCN(CC)C(=O)C1CCCN(C(=O)c2ccc(N3CCC(N4C(=O)OCc5ccccc54)CC3)c(NO)c2)C1. The molecule has 0 spiro atoms. The highest BCUT2D eigenvalue weighted by Gasteiger charge is 2.35. The van der Waals surface area contributed by atoms with E-state index in [1.807, 2.05) is 49.1 Å². The normalized spacial score (nSPS) is 19.6. The van der Waals surface area contributed by atoms with E-state index >= 15 is 0 Å². The number of nitrogens with one attached hydrogen (secondary N) is 1. The minimum atomic E-state index is -0.309. The fourth-order valence-electron chi connectivity index (χ4n) is 6.26. The number of hydrogen-bond acceptors (Lipinski definition) is 7. The Morgan fingerprint density at radius 2 is 1.77 bits per heavy atom. The summed E-state index contributed by atoms with van der Waals surface area (Å²) in [4.78, 5) is 46.5. The highest BCUT2D eigenvalue weighted by atomic mass is 16.6. The third-order valence-corrected chi connectivity index (χ3v) is 8.47. The van der Waals surface area contributed by atoms with Gasteiger partial charge in [-0.25, -0.2) is 4.79 Å². The van der Waals surface area contributed by atoms with E-state index in [-0.39, 0.29) is 29.9 Å². The topological polar surface area (TPSA) is 106 Å². The van der Waals surface area contributed by atoms with Gasteiger partial charge in [-0.2, -0.15) is 0 Å². The van der Waals surface area contributed by atoms with Crippen molar-refractivity contribution in [3.8, 4) is 0 Å². The molecule has 2 aromatic carbocycles. The number of hydrogen-bond donors (Lipinski definition) is 2. The number of amides is 3.